The molecule has 1 aromatic heterocycles. The van der Waals surface area contributed by atoms with Crippen molar-refractivity contribution in [3.8, 4) is 6.07 Å². The molecule has 6 rings (SSSR count). The Hall–Kier alpha value is -3.72. The molecule has 5 nitrogen and oxygen atoms in total. The molecule has 0 amide bonds. The van der Waals surface area contributed by atoms with E-state index in [9.17, 15) is 10.1 Å². The molecule has 2 fully saturated rings. The van der Waals surface area contributed by atoms with Gasteiger partial charge in [0.15, 0.2) is 5.78 Å². The summed E-state index contributed by atoms with van der Waals surface area (Å²) in [7, 11) is 0. The Labute approximate surface area is 262 Å². The Morgan fingerprint density at radius 1 is 0.864 bits per heavy atom. The second kappa shape index (κ2) is 14.8. The predicted molar refractivity (Wildman–Crippen MR) is 179 cm³/mol. The van der Waals surface area contributed by atoms with E-state index in [1.54, 1.807) is 0 Å². The van der Waals surface area contributed by atoms with Gasteiger partial charge in [0.05, 0.1) is 11.6 Å². The highest BCUT2D eigenvalue weighted by molar-refractivity contribution is 5.96. The van der Waals surface area contributed by atoms with Crippen molar-refractivity contribution >= 4 is 16.7 Å². The molecule has 0 aliphatic carbocycles. The number of Topliss-reactive ketones (excluding diaryl/α,β-unsaturated/α-hetero) is 1. The van der Waals surface area contributed by atoms with Crippen LogP contribution in [0.1, 0.15) is 89.9 Å². The minimum absolute atomic E-state index is 0.302. The number of unbranched alkanes of at least 4 members (excludes halogenated alkanes) is 1. The molecule has 0 unspecified atom stereocenters. The van der Waals surface area contributed by atoms with Gasteiger partial charge >= 0.3 is 0 Å². The highest BCUT2D eigenvalue weighted by Gasteiger charge is 2.22. The summed E-state index contributed by atoms with van der Waals surface area (Å²) < 4.78 is 0. The Morgan fingerprint density at radius 2 is 1.61 bits per heavy atom. The summed E-state index contributed by atoms with van der Waals surface area (Å²) >= 11 is 0. The van der Waals surface area contributed by atoms with Gasteiger partial charge in [0.1, 0.15) is 0 Å². The lowest BCUT2D eigenvalue weighted by Crippen LogP contribution is -2.33. The quantitative estimate of drug-likeness (QED) is 0.135. The second-order valence-corrected chi connectivity index (χ2v) is 13.0. The summed E-state index contributed by atoms with van der Waals surface area (Å²) in [5, 5.41) is 10.4. The summed E-state index contributed by atoms with van der Waals surface area (Å²) in [5.41, 5.74) is 6.82. The fourth-order valence-corrected chi connectivity index (χ4v) is 7.29. The number of nitriles is 1. The van der Waals surface area contributed by atoms with Gasteiger partial charge in [0.2, 0.25) is 0 Å². The number of nitrogens with one attached hydrogen (secondary N) is 1. The maximum atomic E-state index is 13.0. The maximum Gasteiger partial charge on any atom is 0.162 e. The van der Waals surface area contributed by atoms with E-state index in [-0.39, 0.29) is 0 Å². The zero-order valence-corrected chi connectivity index (χ0v) is 26.0. The molecule has 0 spiro atoms. The fourth-order valence-electron chi connectivity index (χ4n) is 7.29. The number of aryl methyl sites for hydroxylation is 1. The number of ketones is 1. The van der Waals surface area contributed by atoms with Crippen LogP contribution >= 0.6 is 0 Å². The number of rotatable bonds is 12. The summed E-state index contributed by atoms with van der Waals surface area (Å²) in [5.74, 6) is 1.56. The Morgan fingerprint density at radius 3 is 2.36 bits per heavy atom. The number of aromatic nitrogens is 1. The van der Waals surface area contributed by atoms with Crippen molar-refractivity contribution in [1.29, 1.82) is 5.26 Å². The number of piperidine rings is 2. The van der Waals surface area contributed by atoms with Crippen LogP contribution in [0.2, 0.25) is 0 Å². The first-order chi connectivity index (χ1) is 21.6. The smallest absolute Gasteiger partial charge is 0.162 e. The minimum atomic E-state index is 0.302. The third kappa shape index (κ3) is 7.86. The number of benzene rings is 3. The molecule has 5 heteroatoms. The highest BCUT2D eigenvalue weighted by Crippen LogP contribution is 2.29. The average molecular weight is 587 g/mol. The lowest BCUT2D eigenvalue weighted by Gasteiger charge is -2.32. The topological polar surface area (TPSA) is 63.1 Å². The standard InChI is InChI=1S/C39H46N4O/c40-27-32-9-15-38-37(26-32)36(28-41-38)8-4-5-21-42-24-19-34(20-25-42)33-11-13-35(14-12-33)39(44)16-10-30-17-22-43(23-18-30)29-31-6-2-1-3-7-31/h1-3,6-7,9,11-15,26,28,30,34,41H,4-5,8,10,16-25,29H2. The van der Waals surface area contributed by atoms with E-state index in [0.717, 1.165) is 75.2 Å². The van der Waals surface area contributed by atoms with Crippen molar-refractivity contribution in [2.24, 2.45) is 5.92 Å². The van der Waals surface area contributed by atoms with Crippen LogP contribution < -0.4 is 0 Å². The number of fused-ring (bicyclic) bond motifs is 1. The van der Waals surface area contributed by atoms with Crippen molar-refractivity contribution in [3.63, 3.8) is 0 Å². The molecular formula is C39H46N4O. The van der Waals surface area contributed by atoms with Crippen LogP contribution in [0, 0.1) is 17.2 Å². The summed E-state index contributed by atoms with van der Waals surface area (Å²) in [6.45, 7) is 6.76. The Balaban J connectivity index is 0.874. The van der Waals surface area contributed by atoms with E-state index >= 15 is 0 Å². The van der Waals surface area contributed by atoms with Crippen LogP contribution in [0.15, 0.2) is 79.0 Å². The van der Waals surface area contributed by atoms with Crippen LogP contribution in [0.25, 0.3) is 10.9 Å². The number of aromatic amines is 1. The van der Waals surface area contributed by atoms with Gasteiger partial charge in [0, 0.05) is 35.6 Å². The number of likely N-dealkylation sites (tertiary alicyclic amines) is 2. The van der Waals surface area contributed by atoms with Gasteiger partial charge in [-0.1, -0.05) is 54.6 Å². The monoisotopic (exact) mass is 586 g/mol. The first-order valence-electron chi connectivity index (χ1n) is 16.8. The molecule has 44 heavy (non-hydrogen) atoms. The minimum Gasteiger partial charge on any atom is -0.361 e. The predicted octanol–water partition coefficient (Wildman–Crippen LogP) is 8.12. The van der Waals surface area contributed by atoms with Crippen LogP contribution in [-0.2, 0) is 13.0 Å². The molecular weight excluding hydrogens is 540 g/mol. The van der Waals surface area contributed by atoms with E-state index in [0.29, 0.717) is 24.0 Å². The Bertz CT molecular complexity index is 1530. The SMILES string of the molecule is N#Cc1ccc2[nH]cc(CCCCN3CCC(c4ccc(C(=O)CCC5CCN(Cc6ccccc6)CC5)cc4)CC3)c2c1. The Kier molecular flexibility index (Phi) is 10.2. The van der Waals surface area contributed by atoms with E-state index in [2.05, 4.69) is 81.6 Å². The van der Waals surface area contributed by atoms with Crippen molar-refractivity contribution in [1.82, 2.24) is 14.8 Å². The lowest BCUT2D eigenvalue weighted by molar-refractivity contribution is 0.0961. The molecule has 2 aliphatic rings. The number of hydrogen-bond donors (Lipinski definition) is 1. The third-order valence-corrected chi connectivity index (χ3v) is 10.1. The molecule has 2 aliphatic heterocycles. The first-order valence-corrected chi connectivity index (χ1v) is 16.8. The molecule has 0 bridgehead atoms. The van der Waals surface area contributed by atoms with Gasteiger partial charge in [-0.15, -0.1) is 0 Å². The van der Waals surface area contributed by atoms with Gasteiger partial charge in [0.25, 0.3) is 0 Å². The molecule has 3 aromatic carbocycles. The number of carbonyl (C=O) groups excluding carboxylic acids is 1. The van der Waals surface area contributed by atoms with Crippen molar-refractivity contribution in [2.45, 2.75) is 70.3 Å². The zero-order chi connectivity index (χ0) is 30.1. The van der Waals surface area contributed by atoms with E-state index < -0.39 is 0 Å². The summed E-state index contributed by atoms with van der Waals surface area (Å²) in [4.78, 5) is 21.5. The zero-order valence-electron chi connectivity index (χ0n) is 26.0. The highest BCUT2D eigenvalue weighted by atomic mass is 16.1. The van der Waals surface area contributed by atoms with Gasteiger partial charge in [-0.05, 0) is 131 Å². The average Bonchev–Trinajstić information content (AvgIpc) is 3.49. The summed E-state index contributed by atoms with van der Waals surface area (Å²) in [6.07, 6.45) is 12.0. The van der Waals surface area contributed by atoms with Crippen molar-refractivity contribution < 1.29 is 4.79 Å². The largest absolute Gasteiger partial charge is 0.361 e. The number of H-pyrrole nitrogens is 1. The molecule has 228 valence electrons. The lowest BCUT2D eigenvalue weighted by atomic mass is 9.87. The normalized spacial score (nSPS) is 17.2. The number of carbonyl (C=O) groups is 1. The number of nitrogens with zero attached hydrogens (tertiary/aromatic N) is 3. The second-order valence-electron chi connectivity index (χ2n) is 13.0. The maximum absolute atomic E-state index is 13.0. The van der Waals surface area contributed by atoms with E-state index in [1.807, 2.05) is 18.2 Å². The molecule has 3 heterocycles. The van der Waals surface area contributed by atoms with E-state index in [4.69, 9.17) is 0 Å². The van der Waals surface area contributed by atoms with Crippen molar-refractivity contribution in [2.75, 3.05) is 32.7 Å². The van der Waals surface area contributed by atoms with Crippen LogP contribution in [0.5, 0.6) is 0 Å². The van der Waals surface area contributed by atoms with Gasteiger partial charge in [-0.25, -0.2) is 0 Å². The van der Waals surface area contributed by atoms with Gasteiger partial charge < -0.3 is 9.88 Å². The molecule has 2 saturated heterocycles. The van der Waals surface area contributed by atoms with Gasteiger partial charge in [-0.2, -0.15) is 5.26 Å². The third-order valence-electron chi connectivity index (χ3n) is 10.1. The molecule has 0 saturated carbocycles. The van der Waals surface area contributed by atoms with Crippen LogP contribution in [-0.4, -0.2) is 53.3 Å². The van der Waals surface area contributed by atoms with Crippen LogP contribution in [0.4, 0.5) is 0 Å². The molecule has 4 aromatic rings. The molecule has 0 atom stereocenters. The van der Waals surface area contributed by atoms with Crippen molar-refractivity contribution in [3.05, 3.63) is 107 Å². The van der Waals surface area contributed by atoms with Crippen LogP contribution in [0.3, 0.4) is 0 Å². The van der Waals surface area contributed by atoms with Gasteiger partial charge in [-0.3, -0.25) is 9.69 Å². The number of hydrogen-bond acceptors (Lipinski definition) is 4. The first kappa shape index (κ1) is 30.3. The molecule has 1 N–H and O–H groups in total. The summed E-state index contributed by atoms with van der Waals surface area (Å²) in [6, 6.07) is 27.5. The molecule has 0 radical (unpaired) electrons. The van der Waals surface area contributed by atoms with E-state index in [1.165, 1.54) is 54.2 Å². The fraction of sp³-hybridized carbons (Fsp3) is 0.436.